The average Bonchev–Trinajstić information content (AvgIpc) is 3.44. The van der Waals surface area contributed by atoms with Crippen LogP contribution < -0.4 is 15.1 Å². The van der Waals surface area contributed by atoms with E-state index in [-0.39, 0.29) is 22.6 Å². The summed E-state index contributed by atoms with van der Waals surface area (Å²) in [5, 5.41) is 8.61. The fourth-order valence-corrected chi connectivity index (χ4v) is 3.53. The minimum Gasteiger partial charge on any atom is -0.449 e. The highest BCUT2D eigenvalue weighted by Gasteiger charge is 2.31. The van der Waals surface area contributed by atoms with Crippen LogP contribution in [0.1, 0.15) is 18.9 Å². The molecule has 0 bridgehead atoms. The molecule has 1 N–H and O–H groups in total. The van der Waals surface area contributed by atoms with E-state index in [0.717, 1.165) is 18.9 Å². The van der Waals surface area contributed by atoms with Crippen LogP contribution in [-0.4, -0.2) is 54.0 Å². The van der Waals surface area contributed by atoms with Gasteiger partial charge in [0.05, 0.1) is 17.1 Å². The minimum atomic E-state index is -1.65. The number of ether oxygens (including phenoxy) is 1. The van der Waals surface area contributed by atoms with Gasteiger partial charge in [-0.05, 0) is 26.0 Å². The van der Waals surface area contributed by atoms with Crippen LogP contribution in [0, 0.1) is 11.6 Å². The topological polar surface area (TPSA) is 75.0 Å². The lowest BCUT2D eigenvalue weighted by atomic mass is 10.1. The number of fused-ring (bicyclic) bond motifs is 1. The molecule has 1 saturated carbocycles. The van der Waals surface area contributed by atoms with E-state index in [9.17, 15) is 14.0 Å². The normalized spacial score (nSPS) is 18.1. The lowest BCUT2D eigenvalue weighted by molar-refractivity contribution is 0.143. The van der Waals surface area contributed by atoms with E-state index in [1.807, 2.05) is 7.05 Å². The number of likely N-dealkylation sites (N-methyl/N-ethyl adjacent to an activating group) is 1. The fraction of sp³-hybridized carbons (Fsp3) is 0.444. The number of aromatic nitrogens is 1. The van der Waals surface area contributed by atoms with E-state index in [1.54, 1.807) is 4.90 Å². The van der Waals surface area contributed by atoms with Crippen LogP contribution in [0.15, 0.2) is 17.1 Å². The molecule has 4 rings (SSSR count). The van der Waals surface area contributed by atoms with Gasteiger partial charge in [0.25, 0.3) is 0 Å². The molecule has 2 fully saturated rings. The maximum Gasteiger partial charge on any atom is 0.511 e. The molecule has 1 aliphatic carbocycles. The lowest BCUT2D eigenvalue weighted by Gasteiger charge is -2.34. The van der Waals surface area contributed by atoms with Gasteiger partial charge >= 0.3 is 6.16 Å². The third-order valence-electron chi connectivity index (χ3n) is 5.11. The Morgan fingerprint density at radius 1 is 1.22 bits per heavy atom. The van der Waals surface area contributed by atoms with Gasteiger partial charge in [0.1, 0.15) is 11.5 Å². The number of hydrogen-bond donors (Lipinski definition) is 1. The second-order valence-electron chi connectivity index (χ2n) is 7.04. The van der Waals surface area contributed by atoms with Gasteiger partial charge in [-0.1, -0.05) is 0 Å². The first-order chi connectivity index (χ1) is 12.9. The predicted molar refractivity (Wildman–Crippen MR) is 94.8 cm³/mol. The summed E-state index contributed by atoms with van der Waals surface area (Å²) in [5.74, 6) is -2.08. The van der Waals surface area contributed by atoms with Crippen molar-refractivity contribution < 1.29 is 23.4 Å². The molecule has 0 atom stereocenters. The first-order valence-corrected chi connectivity index (χ1v) is 8.78. The SMILES string of the molecule is CN1CCN(c2c(F)cc3c(=O)c(OC(=O)O)cn(C4CC4)c3c2F)CC1. The molecule has 1 saturated heterocycles. The van der Waals surface area contributed by atoms with Crippen LogP contribution in [-0.2, 0) is 0 Å². The zero-order valence-electron chi connectivity index (χ0n) is 14.7. The van der Waals surface area contributed by atoms with E-state index >= 15 is 4.39 Å². The summed E-state index contributed by atoms with van der Waals surface area (Å²) in [7, 11) is 1.94. The molecule has 0 amide bonds. The Kier molecular flexibility index (Phi) is 4.26. The molecule has 0 unspecified atom stereocenters. The number of nitrogens with zero attached hydrogens (tertiary/aromatic N) is 3. The molecule has 144 valence electrons. The molecule has 2 heterocycles. The maximum atomic E-state index is 15.4. The number of carbonyl (C=O) groups is 1. The van der Waals surface area contributed by atoms with Gasteiger partial charge in [-0.2, -0.15) is 0 Å². The van der Waals surface area contributed by atoms with E-state index in [0.29, 0.717) is 26.2 Å². The Morgan fingerprint density at radius 3 is 2.48 bits per heavy atom. The van der Waals surface area contributed by atoms with Crippen molar-refractivity contribution in [3.05, 3.63) is 34.1 Å². The highest BCUT2D eigenvalue weighted by Crippen LogP contribution is 2.40. The van der Waals surface area contributed by atoms with Crippen LogP contribution in [0.4, 0.5) is 19.3 Å². The molecule has 7 nitrogen and oxygen atoms in total. The van der Waals surface area contributed by atoms with Crippen molar-refractivity contribution in [1.82, 2.24) is 9.47 Å². The van der Waals surface area contributed by atoms with Gasteiger partial charge < -0.3 is 24.2 Å². The van der Waals surface area contributed by atoms with E-state index in [1.165, 1.54) is 10.8 Å². The van der Waals surface area contributed by atoms with Crippen LogP contribution in [0.3, 0.4) is 0 Å². The number of anilines is 1. The highest BCUT2D eigenvalue weighted by atomic mass is 19.1. The fourth-order valence-electron chi connectivity index (χ4n) is 3.53. The Hall–Kier alpha value is -2.68. The van der Waals surface area contributed by atoms with Crippen molar-refractivity contribution >= 4 is 22.7 Å². The summed E-state index contributed by atoms with van der Waals surface area (Å²) >= 11 is 0. The smallest absolute Gasteiger partial charge is 0.449 e. The van der Waals surface area contributed by atoms with Gasteiger partial charge in [0.2, 0.25) is 5.43 Å². The summed E-state index contributed by atoms with van der Waals surface area (Å²) in [6.07, 6.45) is 1.10. The number of benzene rings is 1. The number of rotatable bonds is 3. The molecular formula is C18H19F2N3O4. The number of hydrogen-bond acceptors (Lipinski definition) is 5. The van der Waals surface area contributed by atoms with Crippen LogP contribution in [0.25, 0.3) is 10.9 Å². The third kappa shape index (κ3) is 3.12. The first-order valence-electron chi connectivity index (χ1n) is 8.78. The quantitative estimate of drug-likeness (QED) is 0.826. The number of pyridine rings is 1. The lowest BCUT2D eigenvalue weighted by Crippen LogP contribution is -2.45. The van der Waals surface area contributed by atoms with Gasteiger partial charge in [0.15, 0.2) is 11.6 Å². The highest BCUT2D eigenvalue weighted by molar-refractivity contribution is 5.86. The first kappa shape index (κ1) is 17.7. The summed E-state index contributed by atoms with van der Waals surface area (Å²) < 4.78 is 36.2. The monoisotopic (exact) mass is 379 g/mol. The van der Waals surface area contributed by atoms with Gasteiger partial charge in [-0.3, -0.25) is 4.79 Å². The van der Waals surface area contributed by atoms with Gasteiger partial charge in [-0.15, -0.1) is 0 Å². The van der Waals surface area contributed by atoms with E-state index < -0.39 is 29.0 Å². The van der Waals surface area contributed by atoms with Crippen molar-refractivity contribution in [1.29, 1.82) is 0 Å². The summed E-state index contributed by atoms with van der Waals surface area (Å²) in [6.45, 7) is 2.31. The summed E-state index contributed by atoms with van der Waals surface area (Å²) in [5.41, 5.74) is -0.987. The summed E-state index contributed by atoms with van der Waals surface area (Å²) in [4.78, 5) is 27.1. The van der Waals surface area contributed by atoms with E-state index in [2.05, 4.69) is 9.64 Å². The molecule has 0 radical (unpaired) electrons. The second-order valence-corrected chi connectivity index (χ2v) is 7.04. The maximum absolute atomic E-state index is 15.4. The number of piperazine rings is 1. The van der Waals surface area contributed by atoms with Crippen molar-refractivity contribution in [2.45, 2.75) is 18.9 Å². The molecule has 2 aliphatic rings. The Labute approximate surface area is 153 Å². The van der Waals surface area contributed by atoms with E-state index in [4.69, 9.17) is 5.11 Å². The van der Waals surface area contributed by atoms with Crippen molar-refractivity contribution in [2.75, 3.05) is 38.1 Å². The third-order valence-corrected chi connectivity index (χ3v) is 5.11. The van der Waals surface area contributed by atoms with Crippen LogP contribution in [0.2, 0.25) is 0 Å². The number of carboxylic acid groups (broad SMARTS) is 1. The molecule has 2 aromatic rings. The largest absolute Gasteiger partial charge is 0.511 e. The second kappa shape index (κ2) is 6.49. The van der Waals surface area contributed by atoms with Crippen LogP contribution >= 0.6 is 0 Å². The predicted octanol–water partition coefficient (Wildman–Crippen LogP) is 2.42. The molecule has 1 aromatic heterocycles. The Morgan fingerprint density at radius 2 is 1.89 bits per heavy atom. The van der Waals surface area contributed by atoms with Crippen molar-refractivity contribution in [3.63, 3.8) is 0 Å². The Bertz CT molecular complexity index is 979. The minimum absolute atomic E-state index is 0.00410. The average molecular weight is 379 g/mol. The molecular weight excluding hydrogens is 360 g/mol. The molecule has 1 aliphatic heterocycles. The van der Waals surface area contributed by atoms with Crippen molar-refractivity contribution in [2.24, 2.45) is 0 Å². The number of halogens is 2. The molecule has 0 spiro atoms. The Balaban J connectivity index is 1.92. The van der Waals surface area contributed by atoms with Crippen LogP contribution in [0.5, 0.6) is 5.75 Å². The van der Waals surface area contributed by atoms with Gasteiger partial charge in [0, 0.05) is 32.2 Å². The zero-order chi connectivity index (χ0) is 19.3. The van der Waals surface area contributed by atoms with Gasteiger partial charge in [-0.25, -0.2) is 13.6 Å². The molecule has 27 heavy (non-hydrogen) atoms. The molecule has 9 heteroatoms. The zero-order valence-corrected chi connectivity index (χ0v) is 14.7. The standard InChI is InChI=1S/C18H19F2N3O4/c1-21-4-6-22(7-5-21)16-12(19)8-11-15(14(16)20)23(10-2-3-10)9-13(17(11)24)27-18(25)26/h8-10H,2-7H2,1H3,(H,25,26). The molecule has 1 aromatic carbocycles. The summed E-state index contributed by atoms with van der Waals surface area (Å²) in [6, 6.07) is 0.923. The van der Waals surface area contributed by atoms with Crippen molar-refractivity contribution in [3.8, 4) is 5.75 Å².